The predicted molar refractivity (Wildman–Crippen MR) is 108 cm³/mol. The Labute approximate surface area is 166 Å². The Morgan fingerprint density at radius 2 is 1.86 bits per heavy atom. The van der Waals surface area contributed by atoms with Crippen molar-refractivity contribution in [1.29, 1.82) is 0 Å². The molecule has 0 spiro atoms. The van der Waals surface area contributed by atoms with Crippen molar-refractivity contribution in [2.75, 3.05) is 0 Å². The van der Waals surface area contributed by atoms with Crippen LogP contribution in [0.5, 0.6) is 0 Å². The number of aryl methyl sites for hydroxylation is 2. The highest BCUT2D eigenvalue weighted by molar-refractivity contribution is 7.98. The van der Waals surface area contributed by atoms with Gasteiger partial charge in [0.05, 0.1) is 16.7 Å². The minimum Gasteiger partial charge on any atom is -0.424 e. The topological polar surface area (TPSA) is 91.1 Å². The van der Waals surface area contributed by atoms with Crippen molar-refractivity contribution < 1.29 is 4.42 Å². The summed E-state index contributed by atoms with van der Waals surface area (Å²) < 4.78 is 9.27. The van der Waals surface area contributed by atoms with E-state index in [4.69, 9.17) is 4.42 Å². The van der Waals surface area contributed by atoms with Gasteiger partial charge in [-0.05, 0) is 18.6 Å². The van der Waals surface area contributed by atoms with E-state index in [-0.39, 0.29) is 5.56 Å². The summed E-state index contributed by atoms with van der Waals surface area (Å²) in [5.74, 6) is 2.25. The van der Waals surface area contributed by atoms with Crippen molar-refractivity contribution in [2.45, 2.75) is 57.0 Å². The standard InChI is InChI=1S/C19H22N6O2S/c1-3-5-8-11-24-17(26)13-9-6-7-10-14(13)25-18(24)22-23-19(25)28-12-16-21-20-15(4-2)27-16/h6-7,9-10H,3-5,8,11-12H2,1-2H3. The normalized spacial score (nSPS) is 11.6. The van der Waals surface area contributed by atoms with Gasteiger partial charge in [0.25, 0.3) is 5.56 Å². The molecular weight excluding hydrogens is 376 g/mol. The van der Waals surface area contributed by atoms with Crippen molar-refractivity contribution in [3.63, 3.8) is 0 Å². The molecule has 0 radical (unpaired) electrons. The minimum atomic E-state index is -0.0207. The Morgan fingerprint density at radius 3 is 2.64 bits per heavy atom. The number of nitrogens with zero attached hydrogens (tertiary/aromatic N) is 6. The monoisotopic (exact) mass is 398 g/mol. The van der Waals surface area contributed by atoms with Crippen LogP contribution in [-0.2, 0) is 18.7 Å². The highest BCUT2D eigenvalue weighted by Crippen LogP contribution is 2.24. The number of unbranched alkanes of at least 4 members (excludes halogenated alkanes) is 2. The smallest absolute Gasteiger partial charge is 0.262 e. The summed E-state index contributed by atoms with van der Waals surface area (Å²) >= 11 is 1.47. The zero-order chi connectivity index (χ0) is 19.5. The summed E-state index contributed by atoms with van der Waals surface area (Å²) in [4.78, 5) is 13.0. The largest absolute Gasteiger partial charge is 0.424 e. The molecule has 0 saturated heterocycles. The average Bonchev–Trinajstić information content (AvgIpc) is 3.36. The van der Waals surface area contributed by atoms with Gasteiger partial charge in [0.1, 0.15) is 0 Å². The van der Waals surface area contributed by atoms with E-state index < -0.39 is 0 Å². The van der Waals surface area contributed by atoms with E-state index in [0.29, 0.717) is 46.8 Å². The van der Waals surface area contributed by atoms with Gasteiger partial charge in [-0.15, -0.1) is 20.4 Å². The average molecular weight is 398 g/mol. The second-order valence-electron chi connectivity index (χ2n) is 6.53. The molecule has 4 aromatic rings. The van der Waals surface area contributed by atoms with E-state index in [0.717, 1.165) is 24.8 Å². The Kier molecular flexibility index (Phi) is 5.43. The molecular formula is C19H22N6O2S. The summed E-state index contributed by atoms with van der Waals surface area (Å²) in [7, 11) is 0. The fourth-order valence-corrected chi connectivity index (χ4v) is 3.94. The lowest BCUT2D eigenvalue weighted by molar-refractivity contribution is 0.470. The van der Waals surface area contributed by atoms with Crippen LogP contribution < -0.4 is 5.56 Å². The van der Waals surface area contributed by atoms with E-state index in [9.17, 15) is 4.79 Å². The molecule has 0 fully saturated rings. The first kappa shape index (κ1) is 18.7. The SMILES string of the molecule is CCCCCn1c(=O)c2ccccc2n2c(SCc3nnc(CC)o3)nnc12. The number of hydrogen-bond donors (Lipinski definition) is 0. The van der Waals surface area contributed by atoms with Gasteiger partial charge in [0.15, 0.2) is 5.16 Å². The molecule has 3 aromatic heterocycles. The molecule has 0 atom stereocenters. The molecule has 0 saturated carbocycles. The highest BCUT2D eigenvalue weighted by atomic mass is 32.2. The van der Waals surface area contributed by atoms with Crippen LogP contribution >= 0.6 is 11.8 Å². The van der Waals surface area contributed by atoms with Gasteiger partial charge < -0.3 is 4.42 Å². The maximum atomic E-state index is 13.0. The fourth-order valence-electron chi connectivity index (χ4n) is 3.16. The van der Waals surface area contributed by atoms with Crippen LogP contribution in [0.3, 0.4) is 0 Å². The summed E-state index contributed by atoms with van der Waals surface area (Å²) in [6.45, 7) is 4.75. The first-order valence-corrected chi connectivity index (χ1v) is 10.5. The van der Waals surface area contributed by atoms with Crippen molar-refractivity contribution >= 4 is 28.4 Å². The lowest BCUT2D eigenvalue weighted by atomic mass is 10.2. The fraction of sp³-hybridized carbons (Fsp3) is 0.421. The molecule has 0 aliphatic carbocycles. The van der Waals surface area contributed by atoms with Gasteiger partial charge in [-0.2, -0.15) is 0 Å². The van der Waals surface area contributed by atoms with Crippen molar-refractivity contribution in [2.24, 2.45) is 0 Å². The van der Waals surface area contributed by atoms with Crippen LogP contribution in [0, 0.1) is 0 Å². The second-order valence-corrected chi connectivity index (χ2v) is 7.47. The molecule has 8 nitrogen and oxygen atoms in total. The zero-order valence-corrected chi connectivity index (χ0v) is 16.8. The zero-order valence-electron chi connectivity index (χ0n) is 16.0. The maximum Gasteiger partial charge on any atom is 0.262 e. The quantitative estimate of drug-likeness (QED) is 0.331. The Bertz CT molecular complexity index is 1160. The minimum absolute atomic E-state index is 0.0207. The van der Waals surface area contributed by atoms with Crippen LogP contribution in [-0.4, -0.2) is 29.4 Å². The molecule has 9 heteroatoms. The third-order valence-electron chi connectivity index (χ3n) is 4.60. The van der Waals surface area contributed by atoms with Gasteiger partial charge in [-0.25, -0.2) is 0 Å². The maximum absolute atomic E-state index is 13.0. The molecule has 0 aliphatic heterocycles. The van der Waals surface area contributed by atoms with Crippen LogP contribution in [0.4, 0.5) is 0 Å². The van der Waals surface area contributed by atoms with Gasteiger partial charge in [-0.1, -0.05) is 50.6 Å². The molecule has 0 bridgehead atoms. The number of hydrogen-bond acceptors (Lipinski definition) is 7. The van der Waals surface area contributed by atoms with Crippen molar-refractivity contribution in [1.82, 2.24) is 29.4 Å². The van der Waals surface area contributed by atoms with Gasteiger partial charge in [0.2, 0.25) is 17.6 Å². The summed E-state index contributed by atoms with van der Waals surface area (Å²) in [5, 5.41) is 18.1. The first-order valence-electron chi connectivity index (χ1n) is 9.53. The Morgan fingerprint density at radius 1 is 1.04 bits per heavy atom. The highest BCUT2D eigenvalue weighted by Gasteiger charge is 2.17. The third-order valence-corrected chi connectivity index (χ3v) is 5.51. The van der Waals surface area contributed by atoms with E-state index in [1.54, 1.807) is 4.57 Å². The summed E-state index contributed by atoms with van der Waals surface area (Å²) in [6, 6.07) is 7.58. The molecule has 146 valence electrons. The predicted octanol–water partition coefficient (Wildman–Crippen LogP) is 3.47. The van der Waals surface area contributed by atoms with Gasteiger partial charge in [-0.3, -0.25) is 13.8 Å². The molecule has 0 N–H and O–H groups in total. The molecule has 4 rings (SSSR count). The lowest BCUT2D eigenvalue weighted by Crippen LogP contribution is -2.23. The van der Waals surface area contributed by atoms with E-state index in [2.05, 4.69) is 27.3 Å². The van der Waals surface area contributed by atoms with Gasteiger partial charge >= 0.3 is 0 Å². The molecule has 0 aliphatic rings. The number of aromatic nitrogens is 6. The Hall–Kier alpha value is -2.68. The van der Waals surface area contributed by atoms with E-state index in [1.807, 2.05) is 35.6 Å². The first-order chi connectivity index (χ1) is 13.7. The van der Waals surface area contributed by atoms with E-state index >= 15 is 0 Å². The number of rotatable bonds is 8. The molecule has 1 aromatic carbocycles. The second kappa shape index (κ2) is 8.14. The number of thioether (sulfide) groups is 1. The summed E-state index contributed by atoms with van der Waals surface area (Å²) in [5.41, 5.74) is 0.786. The Balaban J connectivity index is 1.76. The molecule has 28 heavy (non-hydrogen) atoms. The number of benzene rings is 1. The van der Waals surface area contributed by atoms with Crippen LogP contribution in [0.25, 0.3) is 16.7 Å². The van der Waals surface area contributed by atoms with Crippen LogP contribution in [0.2, 0.25) is 0 Å². The third kappa shape index (κ3) is 3.42. The molecule has 0 amide bonds. The van der Waals surface area contributed by atoms with Crippen LogP contribution in [0.1, 0.15) is 44.9 Å². The van der Waals surface area contributed by atoms with Crippen molar-refractivity contribution in [3.05, 3.63) is 46.4 Å². The molecule has 3 heterocycles. The molecule has 0 unspecified atom stereocenters. The van der Waals surface area contributed by atoms with Crippen molar-refractivity contribution in [3.8, 4) is 0 Å². The summed E-state index contributed by atoms with van der Waals surface area (Å²) in [6.07, 6.45) is 3.80. The number of para-hydroxylation sites is 1. The van der Waals surface area contributed by atoms with Gasteiger partial charge in [0, 0.05) is 13.0 Å². The lowest BCUT2D eigenvalue weighted by Gasteiger charge is -2.10. The number of fused-ring (bicyclic) bond motifs is 3. The van der Waals surface area contributed by atoms with Crippen LogP contribution in [0.15, 0.2) is 38.6 Å². The van der Waals surface area contributed by atoms with E-state index in [1.165, 1.54) is 11.8 Å².